The Morgan fingerprint density at radius 3 is 1.75 bits per heavy atom. The summed E-state index contributed by atoms with van der Waals surface area (Å²) in [7, 11) is 0. The SMILES string of the molecule is CC(C)(OC(=O)OCc1ccc([N+](=O)[O-])cc1)[C@H]1C(=O)N2C(C(=O)O)=C(SCCNC(=O)OCc3ccc([N+](=O)[O-])cc3)C(Cc3ccc([N+](=O)[O-])cc3)[C@@H]12. The fraction of sp³-hybridized carbons (Fsp3) is 0.314. The Hall–Kier alpha value is -6.57. The van der Waals surface area contributed by atoms with Crippen molar-refractivity contribution >= 4 is 52.9 Å². The fourth-order valence-corrected chi connectivity index (χ4v) is 7.52. The van der Waals surface area contributed by atoms with Crippen molar-refractivity contribution in [1.29, 1.82) is 0 Å². The van der Waals surface area contributed by atoms with E-state index in [1.807, 2.05) is 0 Å². The molecule has 5 rings (SSSR count). The number of nitrogens with zero attached hydrogens (tertiary/aromatic N) is 4. The predicted octanol–water partition coefficient (Wildman–Crippen LogP) is 5.50. The molecule has 2 aliphatic heterocycles. The Morgan fingerprint density at radius 1 is 0.800 bits per heavy atom. The molecule has 0 saturated carbocycles. The summed E-state index contributed by atoms with van der Waals surface area (Å²) < 4.78 is 16.0. The van der Waals surface area contributed by atoms with Crippen LogP contribution in [0.1, 0.15) is 30.5 Å². The zero-order valence-corrected chi connectivity index (χ0v) is 30.0. The number of alkyl carbamates (subject to hydrolysis) is 1. The van der Waals surface area contributed by atoms with Gasteiger partial charge in [0, 0.05) is 59.5 Å². The molecule has 3 aromatic rings. The Bertz CT molecular complexity index is 2040. The lowest BCUT2D eigenvalue weighted by molar-refractivity contribution is -0.385. The van der Waals surface area contributed by atoms with Crippen LogP contribution in [0.3, 0.4) is 0 Å². The highest BCUT2D eigenvalue weighted by Crippen LogP contribution is 2.54. The molecule has 3 atom stereocenters. The molecule has 0 aliphatic carbocycles. The maximum absolute atomic E-state index is 13.7. The van der Waals surface area contributed by atoms with E-state index in [0.717, 1.165) is 16.7 Å². The Kier molecular flexibility index (Phi) is 12.0. The normalized spacial score (nSPS) is 17.5. The van der Waals surface area contributed by atoms with Gasteiger partial charge in [-0.05, 0) is 61.2 Å². The third-order valence-corrected chi connectivity index (χ3v) is 10.1. The number of nitrogens with one attached hydrogen (secondary N) is 1. The third kappa shape index (κ3) is 9.15. The summed E-state index contributed by atoms with van der Waals surface area (Å²) in [6, 6.07) is 15.6. The van der Waals surface area contributed by atoms with Crippen LogP contribution >= 0.6 is 11.8 Å². The molecular weight excluding hydrogens is 746 g/mol. The molecule has 2 heterocycles. The number of amides is 2. The second-order valence-corrected chi connectivity index (χ2v) is 14.0. The van der Waals surface area contributed by atoms with Gasteiger partial charge in [-0.3, -0.25) is 35.1 Å². The van der Waals surface area contributed by atoms with Gasteiger partial charge in [0.25, 0.3) is 17.1 Å². The maximum atomic E-state index is 13.7. The molecule has 0 aromatic heterocycles. The summed E-state index contributed by atoms with van der Waals surface area (Å²) in [5.41, 5.74) is -0.660. The highest BCUT2D eigenvalue weighted by atomic mass is 32.2. The predicted molar refractivity (Wildman–Crippen MR) is 191 cm³/mol. The van der Waals surface area contributed by atoms with Crippen LogP contribution in [-0.4, -0.2) is 72.8 Å². The topological polar surface area (TPSA) is 261 Å². The molecule has 19 nitrogen and oxygen atoms in total. The number of rotatable bonds is 16. The number of β-lactam (4-membered cyclic amide) rings is 1. The molecule has 2 aliphatic rings. The van der Waals surface area contributed by atoms with Crippen molar-refractivity contribution in [3.63, 3.8) is 0 Å². The molecule has 2 amide bonds. The van der Waals surface area contributed by atoms with Crippen LogP contribution in [0.5, 0.6) is 0 Å². The zero-order chi connectivity index (χ0) is 40.0. The summed E-state index contributed by atoms with van der Waals surface area (Å²) in [4.78, 5) is 84.4. The van der Waals surface area contributed by atoms with E-state index in [1.165, 1.54) is 86.6 Å². The lowest BCUT2D eigenvalue weighted by atomic mass is 9.71. The Morgan fingerprint density at radius 2 is 1.27 bits per heavy atom. The number of carboxylic acid groups (broad SMARTS) is 1. The van der Waals surface area contributed by atoms with Gasteiger partial charge in [0.2, 0.25) is 5.91 Å². The number of hydrogen-bond donors (Lipinski definition) is 2. The summed E-state index contributed by atoms with van der Waals surface area (Å²) in [5, 5.41) is 45.9. The van der Waals surface area contributed by atoms with Gasteiger partial charge in [-0.1, -0.05) is 12.1 Å². The lowest BCUT2D eigenvalue weighted by Gasteiger charge is -2.51. The van der Waals surface area contributed by atoms with Crippen molar-refractivity contribution in [2.45, 2.75) is 45.1 Å². The number of non-ortho nitro benzene ring substituents is 3. The van der Waals surface area contributed by atoms with Crippen LogP contribution in [0.2, 0.25) is 0 Å². The van der Waals surface area contributed by atoms with Crippen LogP contribution in [0.25, 0.3) is 0 Å². The van der Waals surface area contributed by atoms with Gasteiger partial charge in [0.05, 0.1) is 26.7 Å². The number of carboxylic acids is 1. The van der Waals surface area contributed by atoms with Crippen molar-refractivity contribution in [2.24, 2.45) is 11.8 Å². The number of carbonyl (C=O) groups is 4. The van der Waals surface area contributed by atoms with Crippen molar-refractivity contribution in [3.05, 3.63) is 130 Å². The Balaban J connectivity index is 1.28. The minimum absolute atomic E-state index is 0.0155. The molecule has 55 heavy (non-hydrogen) atoms. The summed E-state index contributed by atoms with van der Waals surface area (Å²) in [6.45, 7) is 2.54. The molecule has 288 valence electrons. The van der Waals surface area contributed by atoms with Crippen molar-refractivity contribution in [1.82, 2.24) is 10.2 Å². The van der Waals surface area contributed by atoms with Crippen molar-refractivity contribution in [2.75, 3.05) is 12.3 Å². The van der Waals surface area contributed by atoms with Crippen LogP contribution in [0.4, 0.5) is 26.7 Å². The quantitative estimate of drug-likeness (QED) is 0.0598. The number of hydrogen-bond acceptors (Lipinski definition) is 14. The number of nitro groups is 3. The van der Waals surface area contributed by atoms with Crippen LogP contribution in [0, 0.1) is 42.2 Å². The molecule has 2 N–H and O–H groups in total. The molecular formula is C35H33N5O14S. The Labute approximate surface area is 315 Å². The van der Waals surface area contributed by atoms with Gasteiger partial charge in [0.15, 0.2) is 0 Å². The fourth-order valence-electron chi connectivity index (χ4n) is 6.34. The van der Waals surface area contributed by atoms with Crippen molar-refractivity contribution < 1.29 is 53.3 Å². The number of nitro benzene ring substituents is 3. The molecule has 3 aromatic carbocycles. The van der Waals surface area contributed by atoms with Gasteiger partial charge >= 0.3 is 18.2 Å². The number of thioether (sulfide) groups is 1. The molecule has 0 spiro atoms. The average molecular weight is 780 g/mol. The number of benzene rings is 3. The lowest BCUT2D eigenvalue weighted by Crippen LogP contribution is -2.68. The summed E-state index contributed by atoms with van der Waals surface area (Å²) in [6.07, 6.45) is -1.78. The average Bonchev–Trinajstić information content (AvgIpc) is 3.40. The minimum atomic E-state index is -1.52. The zero-order valence-electron chi connectivity index (χ0n) is 29.1. The van der Waals surface area contributed by atoms with Crippen LogP contribution < -0.4 is 5.32 Å². The van der Waals surface area contributed by atoms with Gasteiger partial charge in [0.1, 0.15) is 24.5 Å². The maximum Gasteiger partial charge on any atom is 0.509 e. The van der Waals surface area contributed by atoms with E-state index >= 15 is 0 Å². The smallest absolute Gasteiger partial charge is 0.477 e. The van der Waals surface area contributed by atoms with Gasteiger partial charge in [-0.15, -0.1) is 11.8 Å². The third-order valence-electron chi connectivity index (χ3n) is 8.92. The molecule has 1 saturated heterocycles. The summed E-state index contributed by atoms with van der Waals surface area (Å²) >= 11 is 1.09. The largest absolute Gasteiger partial charge is 0.509 e. The number of carbonyl (C=O) groups excluding carboxylic acids is 3. The standard InChI is InChI=1S/C35H33N5O14S/c1-35(2,54-34(45)53-19-22-7-13-25(14-8-22)40(50)51)27-28-26(17-20-3-9-23(10-4-20)38(46)47)30(29(32(42)43)37(28)31(27)41)55-16-15-36-33(44)52-18-21-5-11-24(12-6-21)39(48)49/h3-14,26-28H,15-19H2,1-2H3,(H,36,44)(H,42,43)/t26?,27-,28+/m1/s1. The monoisotopic (exact) mass is 779 g/mol. The highest BCUT2D eigenvalue weighted by molar-refractivity contribution is 8.03. The van der Waals surface area contributed by atoms with E-state index in [9.17, 15) is 54.6 Å². The van der Waals surface area contributed by atoms with Gasteiger partial charge in [-0.25, -0.2) is 14.4 Å². The number of ether oxygens (including phenoxy) is 3. The van der Waals surface area contributed by atoms with E-state index in [-0.39, 0.29) is 54.7 Å². The van der Waals surface area contributed by atoms with E-state index in [4.69, 9.17) is 14.2 Å². The number of fused-ring (bicyclic) bond motifs is 1. The van der Waals surface area contributed by atoms with E-state index in [2.05, 4.69) is 5.32 Å². The van der Waals surface area contributed by atoms with E-state index in [1.54, 1.807) is 0 Å². The van der Waals surface area contributed by atoms with Gasteiger partial charge < -0.3 is 29.5 Å². The molecule has 20 heteroatoms. The minimum Gasteiger partial charge on any atom is -0.477 e. The molecule has 1 fully saturated rings. The first-order valence-corrected chi connectivity index (χ1v) is 17.5. The summed E-state index contributed by atoms with van der Waals surface area (Å²) in [5.74, 6) is -3.57. The molecule has 0 radical (unpaired) electrons. The first kappa shape index (κ1) is 39.6. The highest BCUT2D eigenvalue weighted by Gasteiger charge is 2.65. The second kappa shape index (κ2) is 16.6. The molecule has 1 unspecified atom stereocenters. The van der Waals surface area contributed by atoms with Gasteiger partial charge in [-0.2, -0.15) is 0 Å². The van der Waals surface area contributed by atoms with E-state index in [0.29, 0.717) is 21.6 Å². The van der Waals surface area contributed by atoms with Crippen LogP contribution in [0.15, 0.2) is 83.4 Å². The van der Waals surface area contributed by atoms with Crippen LogP contribution in [-0.2, 0) is 43.4 Å². The first-order chi connectivity index (χ1) is 26.1. The van der Waals surface area contributed by atoms with E-state index < -0.39 is 62.4 Å². The second-order valence-electron chi connectivity index (χ2n) is 12.9. The number of aliphatic carboxylic acids is 1. The first-order valence-electron chi connectivity index (χ1n) is 16.5. The van der Waals surface area contributed by atoms with Crippen molar-refractivity contribution in [3.8, 4) is 0 Å². The molecule has 0 bridgehead atoms.